The van der Waals surface area contributed by atoms with E-state index >= 15 is 0 Å². The molecule has 0 aromatic heterocycles. The van der Waals surface area contributed by atoms with Crippen LogP contribution in [-0.2, 0) is 0 Å². The molecule has 0 fully saturated rings. The zero-order valence-electron chi connectivity index (χ0n) is 8.40. The maximum Gasteiger partial charge on any atom is 0.0143 e. The maximum atomic E-state index is 5.39. The Labute approximate surface area is 76.2 Å². The number of hydrogen-bond donors (Lipinski definition) is 2. The van der Waals surface area contributed by atoms with Crippen molar-refractivity contribution in [2.75, 3.05) is 13.1 Å². The Morgan fingerprint density at radius 3 is 2.50 bits per heavy atom. The van der Waals surface area contributed by atoms with Gasteiger partial charge in [0.2, 0.25) is 0 Å². The van der Waals surface area contributed by atoms with Crippen LogP contribution in [0.4, 0.5) is 0 Å². The average molecular weight is 170 g/mol. The van der Waals surface area contributed by atoms with Gasteiger partial charge in [-0.2, -0.15) is 0 Å². The number of nitrogens with two attached hydrogens (primary N) is 1. The van der Waals surface area contributed by atoms with Crippen molar-refractivity contribution in [3.05, 3.63) is 11.8 Å². The van der Waals surface area contributed by atoms with Gasteiger partial charge < -0.3 is 11.1 Å². The molecule has 0 amide bonds. The third-order valence-corrected chi connectivity index (χ3v) is 1.97. The van der Waals surface area contributed by atoms with Crippen LogP contribution in [0.1, 0.15) is 39.5 Å². The van der Waals surface area contributed by atoms with Gasteiger partial charge in [-0.05, 0) is 33.2 Å². The van der Waals surface area contributed by atoms with Crippen molar-refractivity contribution < 1.29 is 0 Å². The van der Waals surface area contributed by atoms with Gasteiger partial charge >= 0.3 is 0 Å². The molecule has 0 aliphatic rings. The molecular formula is C10H22N2. The molecule has 2 nitrogen and oxygen atoms in total. The van der Waals surface area contributed by atoms with E-state index in [-0.39, 0.29) is 0 Å². The summed E-state index contributed by atoms with van der Waals surface area (Å²) in [4.78, 5) is 0. The van der Waals surface area contributed by atoms with Crippen molar-refractivity contribution in [1.82, 2.24) is 5.32 Å². The van der Waals surface area contributed by atoms with E-state index in [1.807, 2.05) is 0 Å². The Morgan fingerprint density at radius 1 is 1.25 bits per heavy atom. The van der Waals surface area contributed by atoms with E-state index in [9.17, 15) is 0 Å². The SMILES string of the molecule is C/C=C(\C)NCCCCCCN. The van der Waals surface area contributed by atoms with E-state index in [0.29, 0.717) is 0 Å². The molecule has 0 rings (SSSR count). The molecule has 0 aliphatic carbocycles. The van der Waals surface area contributed by atoms with E-state index in [4.69, 9.17) is 5.73 Å². The fraction of sp³-hybridized carbons (Fsp3) is 0.800. The Morgan fingerprint density at radius 2 is 1.92 bits per heavy atom. The molecule has 3 N–H and O–H groups in total. The van der Waals surface area contributed by atoms with Crippen molar-refractivity contribution in [2.24, 2.45) is 5.73 Å². The fourth-order valence-electron chi connectivity index (χ4n) is 1.01. The van der Waals surface area contributed by atoms with Crippen molar-refractivity contribution in [2.45, 2.75) is 39.5 Å². The lowest BCUT2D eigenvalue weighted by Crippen LogP contribution is -2.12. The van der Waals surface area contributed by atoms with E-state index < -0.39 is 0 Å². The molecule has 0 saturated heterocycles. The van der Waals surface area contributed by atoms with Gasteiger partial charge in [0.05, 0.1) is 0 Å². The van der Waals surface area contributed by atoms with E-state index in [1.165, 1.54) is 31.4 Å². The number of nitrogens with one attached hydrogen (secondary N) is 1. The lowest BCUT2D eigenvalue weighted by molar-refractivity contribution is 0.621. The molecule has 0 aliphatic heterocycles. The molecule has 2 heteroatoms. The van der Waals surface area contributed by atoms with Crippen LogP contribution < -0.4 is 11.1 Å². The molecule has 0 spiro atoms. The van der Waals surface area contributed by atoms with Crippen LogP contribution in [0.2, 0.25) is 0 Å². The van der Waals surface area contributed by atoms with Crippen LogP contribution in [0.15, 0.2) is 11.8 Å². The zero-order valence-corrected chi connectivity index (χ0v) is 8.40. The molecule has 0 saturated carbocycles. The quantitative estimate of drug-likeness (QED) is 0.574. The third-order valence-electron chi connectivity index (χ3n) is 1.97. The standard InChI is InChI=1S/C10H22N2/c1-3-10(2)12-9-7-5-4-6-8-11/h3,12H,4-9,11H2,1-2H3/b10-3+. The highest BCUT2D eigenvalue weighted by atomic mass is 14.9. The Bertz CT molecular complexity index is 119. The van der Waals surface area contributed by atoms with Crippen molar-refractivity contribution >= 4 is 0 Å². The molecule has 72 valence electrons. The van der Waals surface area contributed by atoms with Crippen molar-refractivity contribution in [1.29, 1.82) is 0 Å². The summed E-state index contributed by atoms with van der Waals surface area (Å²) < 4.78 is 0. The molecule has 0 aromatic rings. The molecule has 0 bridgehead atoms. The van der Waals surface area contributed by atoms with Gasteiger partial charge in [0.1, 0.15) is 0 Å². The first kappa shape index (κ1) is 11.5. The highest BCUT2D eigenvalue weighted by Crippen LogP contribution is 1.97. The van der Waals surface area contributed by atoms with Crippen LogP contribution in [0.5, 0.6) is 0 Å². The molecule has 12 heavy (non-hydrogen) atoms. The first-order valence-corrected chi connectivity index (χ1v) is 4.88. The van der Waals surface area contributed by atoms with Gasteiger partial charge in [0.15, 0.2) is 0 Å². The highest BCUT2D eigenvalue weighted by Gasteiger charge is 1.88. The highest BCUT2D eigenvalue weighted by molar-refractivity contribution is 4.91. The molecule has 0 radical (unpaired) electrons. The summed E-state index contributed by atoms with van der Waals surface area (Å²) in [7, 11) is 0. The van der Waals surface area contributed by atoms with Crippen LogP contribution in [0.3, 0.4) is 0 Å². The molecule has 0 atom stereocenters. The van der Waals surface area contributed by atoms with E-state index in [0.717, 1.165) is 13.1 Å². The molecule has 0 heterocycles. The number of rotatable bonds is 7. The van der Waals surface area contributed by atoms with Crippen LogP contribution >= 0.6 is 0 Å². The summed E-state index contributed by atoms with van der Waals surface area (Å²) in [6.07, 6.45) is 7.09. The Balaban J connectivity index is 3.00. The zero-order chi connectivity index (χ0) is 9.23. The minimum absolute atomic E-state index is 0.835. The predicted octanol–water partition coefficient (Wildman–Crippen LogP) is 2.02. The molecular weight excluding hydrogens is 148 g/mol. The van der Waals surface area contributed by atoms with Gasteiger partial charge in [-0.15, -0.1) is 0 Å². The lowest BCUT2D eigenvalue weighted by Gasteiger charge is -2.04. The smallest absolute Gasteiger partial charge is 0.0143 e. The fourth-order valence-corrected chi connectivity index (χ4v) is 1.01. The molecule has 0 aromatic carbocycles. The summed E-state index contributed by atoms with van der Waals surface area (Å²) >= 11 is 0. The number of hydrogen-bond acceptors (Lipinski definition) is 2. The lowest BCUT2D eigenvalue weighted by atomic mass is 10.2. The number of unbranched alkanes of at least 4 members (excludes halogenated alkanes) is 3. The minimum Gasteiger partial charge on any atom is -0.389 e. The Hall–Kier alpha value is -0.500. The van der Waals surface area contributed by atoms with Crippen molar-refractivity contribution in [3.63, 3.8) is 0 Å². The molecule has 0 unspecified atom stereocenters. The first-order chi connectivity index (χ1) is 5.81. The normalized spacial score (nSPS) is 11.8. The summed E-state index contributed by atoms with van der Waals surface area (Å²) in [5.74, 6) is 0. The summed E-state index contributed by atoms with van der Waals surface area (Å²) in [6.45, 7) is 6.08. The third kappa shape index (κ3) is 7.61. The van der Waals surface area contributed by atoms with Gasteiger partial charge in [0, 0.05) is 12.2 Å². The second kappa shape index (κ2) is 8.60. The van der Waals surface area contributed by atoms with Gasteiger partial charge in [-0.25, -0.2) is 0 Å². The van der Waals surface area contributed by atoms with Crippen LogP contribution in [0.25, 0.3) is 0 Å². The van der Waals surface area contributed by atoms with E-state index in [1.54, 1.807) is 0 Å². The second-order valence-corrected chi connectivity index (χ2v) is 3.10. The summed E-state index contributed by atoms with van der Waals surface area (Å²) in [6, 6.07) is 0. The largest absolute Gasteiger partial charge is 0.389 e. The topological polar surface area (TPSA) is 38.0 Å². The number of allylic oxidation sites excluding steroid dienone is 2. The van der Waals surface area contributed by atoms with Crippen LogP contribution in [0, 0.1) is 0 Å². The van der Waals surface area contributed by atoms with Crippen molar-refractivity contribution in [3.8, 4) is 0 Å². The van der Waals surface area contributed by atoms with Gasteiger partial charge in [0.25, 0.3) is 0 Å². The Kier molecular flexibility index (Phi) is 8.24. The minimum atomic E-state index is 0.835. The predicted molar refractivity (Wildman–Crippen MR) is 55.0 cm³/mol. The maximum absolute atomic E-state index is 5.39. The van der Waals surface area contributed by atoms with Gasteiger partial charge in [-0.1, -0.05) is 18.9 Å². The first-order valence-electron chi connectivity index (χ1n) is 4.88. The van der Waals surface area contributed by atoms with Gasteiger partial charge in [-0.3, -0.25) is 0 Å². The second-order valence-electron chi connectivity index (χ2n) is 3.10. The van der Waals surface area contributed by atoms with Crippen LogP contribution in [-0.4, -0.2) is 13.1 Å². The summed E-state index contributed by atoms with van der Waals surface area (Å²) in [5, 5.41) is 3.34. The van der Waals surface area contributed by atoms with E-state index in [2.05, 4.69) is 25.2 Å². The monoisotopic (exact) mass is 170 g/mol. The average Bonchev–Trinajstić information content (AvgIpc) is 2.10. The summed E-state index contributed by atoms with van der Waals surface area (Å²) in [5.41, 5.74) is 6.66.